The minimum atomic E-state index is 0. The van der Waals surface area contributed by atoms with Gasteiger partial charge < -0.3 is 10.6 Å². The molecule has 1 amide bonds. The van der Waals surface area contributed by atoms with Gasteiger partial charge in [0.2, 0.25) is 0 Å². The molecule has 2 aromatic heterocycles. The summed E-state index contributed by atoms with van der Waals surface area (Å²) in [6, 6.07) is 14.1. The molecule has 148 valence electrons. The monoisotopic (exact) mass is 436 g/mol. The van der Waals surface area contributed by atoms with Crippen molar-refractivity contribution >= 4 is 42.1 Å². The van der Waals surface area contributed by atoms with Gasteiger partial charge in [-0.15, -0.1) is 36.2 Å². The van der Waals surface area contributed by atoms with Gasteiger partial charge in [-0.25, -0.2) is 4.98 Å². The van der Waals surface area contributed by atoms with Crippen molar-refractivity contribution < 1.29 is 4.79 Å². The number of carbonyl (C=O) groups is 1. The summed E-state index contributed by atoms with van der Waals surface area (Å²) in [6.45, 7) is 1.97. The second-order valence-electron chi connectivity index (χ2n) is 6.49. The molecule has 2 N–H and O–H groups in total. The molecule has 2 atom stereocenters. The molecule has 1 saturated heterocycles. The summed E-state index contributed by atoms with van der Waals surface area (Å²) in [7, 11) is 0. The van der Waals surface area contributed by atoms with Crippen molar-refractivity contribution in [2.45, 2.75) is 5.92 Å². The molecule has 1 fully saturated rings. The Morgan fingerprint density at radius 1 is 1.11 bits per heavy atom. The minimum absolute atomic E-state index is 0. The Balaban J connectivity index is 0.00000140. The lowest BCUT2D eigenvalue weighted by Crippen LogP contribution is -2.29. The number of nitrogens with zero attached hydrogens (tertiary/aromatic N) is 3. The van der Waals surface area contributed by atoms with Crippen LogP contribution in [0, 0.1) is 5.92 Å². The molecule has 0 unspecified atom stereocenters. The molecule has 28 heavy (non-hydrogen) atoms. The van der Waals surface area contributed by atoms with Crippen LogP contribution >= 0.6 is 36.2 Å². The Hall–Kier alpha value is -1.99. The number of amides is 1. The molecule has 1 aromatic carbocycles. The highest BCUT2D eigenvalue weighted by Gasteiger charge is 2.36. The number of rotatable bonds is 4. The zero-order valence-electron chi connectivity index (χ0n) is 15.1. The highest BCUT2D eigenvalue weighted by Crippen LogP contribution is 2.34. The van der Waals surface area contributed by atoms with Crippen LogP contribution in [0.2, 0.25) is 0 Å². The summed E-state index contributed by atoms with van der Waals surface area (Å²) >= 11 is 1.43. The number of carbonyl (C=O) groups excluding carboxylic acids is 1. The maximum absolute atomic E-state index is 13.0. The van der Waals surface area contributed by atoms with Crippen LogP contribution in [0.15, 0.2) is 61.1 Å². The Bertz CT molecular complexity index is 891. The van der Waals surface area contributed by atoms with Crippen molar-refractivity contribution in [1.29, 1.82) is 0 Å². The smallest absolute Gasteiger partial charge is 0.265 e. The van der Waals surface area contributed by atoms with Gasteiger partial charge in [0, 0.05) is 37.0 Å². The molecule has 1 aliphatic rings. The van der Waals surface area contributed by atoms with Crippen molar-refractivity contribution in [3.8, 4) is 10.6 Å². The molecular formula is C20H22Cl2N4OS. The zero-order chi connectivity index (χ0) is 17.9. The van der Waals surface area contributed by atoms with E-state index in [9.17, 15) is 4.79 Å². The maximum Gasteiger partial charge on any atom is 0.265 e. The van der Waals surface area contributed by atoms with E-state index in [4.69, 9.17) is 5.73 Å². The van der Waals surface area contributed by atoms with Crippen molar-refractivity contribution in [2.75, 3.05) is 19.6 Å². The number of hydrogen-bond donors (Lipinski definition) is 1. The molecule has 0 spiro atoms. The van der Waals surface area contributed by atoms with Crippen molar-refractivity contribution in [2.24, 2.45) is 11.7 Å². The average molecular weight is 437 g/mol. The number of thiazole rings is 1. The molecule has 1 aliphatic heterocycles. The average Bonchev–Trinajstić information content (AvgIpc) is 3.36. The van der Waals surface area contributed by atoms with E-state index in [1.807, 2.05) is 35.2 Å². The third kappa shape index (κ3) is 4.52. The van der Waals surface area contributed by atoms with Gasteiger partial charge in [-0.3, -0.25) is 9.78 Å². The molecule has 0 aliphatic carbocycles. The summed E-state index contributed by atoms with van der Waals surface area (Å²) in [5.41, 5.74) is 8.22. The van der Waals surface area contributed by atoms with Gasteiger partial charge in [0.05, 0.1) is 6.20 Å². The standard InChI is InChI=1S/C20H20N4OS.2ClH/c21-10-16-12-24(13-17(16)14-4-2-1-3-5-14)20(25)18-11-23-19(26-18)15-6-8-22-9-7-15;;/h1-9,11,16-17H,10,12-13,21H2;2*1H/t16-,17+;;/m1../s1. The van der Waals surface area contributed by atoms with Crippen LogP contribution in [0.5, 0.6) is 0 Å². The second-order valence-corrected chi connectivity index (χ2v) is 7.52. The Morgan fingerprint density at radius 2 is 1.82 bits per heavy atom. The quantitative estimate of drug-likeness (QED) is 0.673. The lowest BCUT2D eigenvalue weighted by atomic mass is 9.89. The first-order valence-electron chi connectivity index (χ1n) is 8.67. The zero-order valence-corrected chi connectivity index (χ0v) is 17.6. The van der Waals surface area contributed by atoms with Crippen LogP contribution in [0.1, 0.15) is 21.2 Å². The Labute approximate surface area is 180 Å². The fourth-order valence-electron chi connectivity index (χ4n) is 3.51. The summed E-state index contributed by atoms with van der Waals surface area (Å²) in [4.78, 5) is 24.0. The SMILES string of the molecule is Cl.Cl.NC[C@@H]1CN(C(=O)c2cnc(-c3ccncc3)s2)C[C@H]1c1ccccc1. The number of pyridine rings is 1. The normalized spacial score (nSPS) is 18.2. The van der Waals surface area contributed by atoms with E-state index in [1.54, 1.807) is 18.6 Å². The molecule has 4 rings (SSSR count). The van der Waals surface area contributed by atoms with Gasteiger partial charge in [0.1, 0.15) is 9.88 Å². The topological polar surface area (TPSA) is 72.1 Å². The summed E-state index contributed by atoms with van der Waals surface area (Å²) in [5, 5.41) is 0.838. The third-order valence-electron chi connectivity index (χ3n) is 4.90. The van der Waals surface area contributed by atoms with E-state index in [-0.39, 0.29) is 42.6 Å². The molecule has 8 heteroatoms. The second kappa shape index (κ2) is 9.98. The predicted octanol–water partition coefficient (Wildman–Crippen LogP) is 3.86. The molecule has 3 aromatic rings. The van der Waals surface area contributed by atoms with E-state index in [0.717, 1.165) is 10.6 Å². The highest BCUT2D eigenvalue weighted by atomic mass is 35.5. The van der Waals surface area contributed by atoms with E-state index in [0.29, 0.717) is 24.5 Å². The van der Waals surface area contributed by atoms with Gasteiger partial charge in [-0.2, -0.15) is 0 Å². The summed E-state index contributed by atoms with van der Waals surface area (Å²) in [6.07, 6.45) is 5.14. The number of aromatic nitrogens is 2. The van der Waals surface area contributed by atoms with Gasteiger partial charge in [0.15, 0.2) is 0 Å². The minimum Gasteiger partial charge on any atom is -0.337 e. The first-order valence-corrected chi connectivity index (χ1v) is 9.48. The van der Waals surface area contributed by atoms with Gasteiger partial charge in [0.25, 0.3) is 5.91 Å². The maximum atomic E-state index is 13.0. The van der Waals surface area contributed by atoms with E-state index < -0.39 is 0 Å². The van der Waals surface area contributed by atoms with Gasteiger partial charge in [-0.1, -0.05) is 30.3 Å². The van der Waals surface area contributed by atoms with Crippen LogP contribution < -0.4 is 5.73 Å². The number of halogens is 2. The van der Waals surface area contributed by atoms with Crippen LogP contribution in [0.4, 0.5) is 0 Å². The molecule has 3 heterocycles. The van der Waals surface area contributed by atoms with Gasteiger partial charge in [-0.05, 0) is 30.2 Å². The van der Waals surface area contributed by atoms with Gasteiger partial charge >= 0.3 is 0 Å². The number of benzene rings is 1. The summed E-state index contributed by atoms with van der Waals surface area (Å²) < 4.78 is 0. The fourth-order valence-corrected chi connectivity index (χ4v) is 4.40. The predicted molar refractivity (Wildman–Crippen MR) is 117 cm³/mol. The molecule has 0 bridgehead atoms. The molecule has 0 radical (unpaired) electrons. The van der Waals surface area contributed by atoms with E-state index >= 15 is 0 Å². The first kappa shape index (κ1) is 22.3. The highest BCUT2D eigenvalue weighted by molar-refractivity contribution is 7.16. The molecule has 0 saturated carbocycles. The van der Waals surface area contributed by atoms with Crippen LogP contribution in [-0.4, -0.2) is 40.4 Å². The summed E-state index contributed by atoms with van der Waals surface area (Å²) in [5.74, 6) is 0.617. The first-order chi connectivity index (χ1) is 12.8. The van der Waals surface area contributed by atoms with Crippen LogP contribution in [0.3, 0.4) is 0 Å². The Kier molecular flexibility index (Phi) is 7.95. The van der Waals surface area contributed by atoms with Crippen molar-refractivity contribution in [3.63, 3.8) is 0 Å². The lowest BCUT2D eigenvalue weighted by molar-refractivity contribution is 0.0791. The van der Waals surface area contributed by atoms with Crippen molar-refractivity contribution in [3.05, 3.63) is 71.5 Å². The lowest BCUT2D eigenvalue weighted by Gasteiger charge is -2.16. The van der Waals surface area contributed by atoms with Crippen molar-refractivity contribution in [1.82, 2.24) is 14.9 Å². The van der Waals surface area contributed by atoms with Crippen LogP contribution in [-0.2, 0) is 0 Å². The number of hydrogen-bond acceptors (Lipinski definition) is 5. The van der Waals surface area contributed by atoms with E-state index in [2.05, 4.69) is 22.1 Å². The number of likely N-dealkylation sites (tertiary alicyclic amines) is 1. The Morgan fingerprint density at radius 3 is 2.50 bits per heavy atom. The molecular weight excluding hydrogens is 415 g/mol. The largest absolute Gasteiger partial charge is 0.337 e. The number of nitrogens with two attached hydrogens (primary N) is 1. The fraction of sp³-hybridized carbons (Fsp3) is 0.250. The third-order valence-corrected chi connectivity index (χ3v) is 5.94. The van der Waals surface area contributed by atoms with Crippen LogP contribution in [0.25, 0.3) is 10.6 Å². The molecule has 5 nitrogen and oxygen atoms in total. The van der Waals surface area contributed by atoms with E-state index in [1.165, 1.54) is 16.9 Å².